The van der Waals surface area contributed by atoms with Crippen molar-refractivity contribution in [2.75, 3.05) is 26.2 Å². The van der Waals surface area contributed by atoms with Gasteiger partial charge in [-0.2, -0.15) is 0 Å². The van der Waals surface area contributed by atoms with Crippen molar-refractivity contribution < 1.29 is 4.79 Å². The van der Waals surface area contributed by atoms with Crippen molar-refractivity contribution in [1.82, 2.24) is 14.8 Å². The first-order valence-electron chi connectivity index (χ1n) is 13.2. The fourth-order valence-electron chi connectivity index (χ4n) is 5.25. The zero-order chi connectivity index (χ0) is 24.8. The maximum Gasteiger partial charge on any atom is 0.240 e. The summed E-state index contributed by atoms with van der Waals surface area (Å²) in [5.74, 6) is 0.0762. The number of hydrogen-bond donors (Lipinski definition) is 1. The number of fused-ring (bicyclic) bond motifs is 1. The highest BCUT2D eigenvalue weighted by Gasteiger charge is 2.30. The van der Waals surface area contributed by atoms with Crippen LogP contribution in [-0.2, 0) is 36.9 Å². The molecule has 1 amide bonds. The van der Waals surface area contributed by atoms with Crippen LogP contribution in [0.5, 0.6) is 0 Å². The van der Waals surface area contributed by atoms with Gasteiger partial charge in [0.1, 0.15) is 0 Å². The first kappa shape index (κ1) is 25.3. The Hall–Kier alpha value is -2.76. The van der Waals surface area contributed by atoms with Gasteiger partial charge < -0.3 is 10.6 Å². The van der Waals surface area contributed by atoms with E-state index in [1.807, 2.05) is 11.1 Å². The number of piperazine rings is 1. The molecular formula is C30H40N4O. The predicted molar refractivity (Wildman–Crippen MR) is 144 cm³/mol. The minimum atomic E-state index is -0.492. The molecule has 2 N–H and O–H groups in total. The molecule has 1 aliphatic carbocycles. The summed E-state index contributed by atoms with van der Waals surface area (Å²) in [5, 5.41) is 0. The van der Waals surface area contributed by atoms with E-state index >= 15 is 0 Å². The number of hydrogen-bond acceptors (Lipinski definition) is 4. The van der Waals surface area contributed by atoms with Crippen LogP contribution in [0.15, 0.2) is 48.7 Å². The topological polar surface area (TPSA) is 62.5 Å². The molecular weight excluding hydrogens is 432 g/mol. The van der Waals surface area contributed by atoms with Crippen LogP contribution >= 0.6 is 0 Å². The SMILES string of the molecule is CCc1ccc(C[C@@H](N)C(=O)N2CCN(CCc3cc4c(cn3)C=CC=CC4)CC2C)c(CC)c1. The number of allylic oxidation sites excluding steroid dienone is 3. The highest BCUT2D eigenvalue weighted by atomic mass is 16.2. The van der Waals surface area contributed by atoms with Gasteiger partial charge in [-0.15, -0.1) is 0 Å². The van der Waals surface area contributed by atoms with E-state index in [0.717, 1.165) is 57.6 Å². The van der Waals surface area contributed by atoms with E-state index in [0.29, 0.717) is 6.42 Å². The molecule has 1 fully saturated rings. The van der Waals surface area contributed by atoms with Gasteiger partial charge >= 0.3 is 0 Å². The first-order chi connectivity index (χ1) is 17.0. The fraction of sp³-hybridized carbons (Fsp3) is 0.467. The molecule has 2 aliphatic rings. The summed E-state index contributed by atoms with van der Waals surface area (Å²) in [4.78, 5) is 22.4. The van der Waals surface area contributed by atoms with Crippen LogP contribution in [0.3, 0.4) is 0 Å². The Morgan fingerprint density at radius 1 is 1.14 bits per heavy atom. The summed E-state index contributed by atoms with van der Waals surface area (Å²) in [6.45, 7) is 9.93. The summed E-state index contributed by atoms with van der Waals surface area (Å²) < 4.78 is 0. The lowest BCUT2D eigenvalue weighted by Crippen LogP contribution is -2.58. The summed E-state index contributed by atoms with van der Waals surface area (Å²) in [6.07, 6.45) is 15.0. The van der Waals surface area contributed by atoms with E-state index in [1.54, 1.807) is 0 Å². The molecule has 0 bridgehead atoms. The van der Waals surface area contributed by atoms with Crippen LogP contribution in [0.25, 0.3) is 6.08 Å². The molecule has 1 unspecified atom stereocenters. The molecule has 2 aromatic rings. The maximum atomic E-state index is 13.2. The van der Waals surface area contributed by atoms with Gasteiger partial charge in [-0.3, -0.25) is 14.7 Å². The molecule has 0 spiro atoms. The molecule has 1 aliphatic heterocycles. The fourth-order valence-corrected chi connectivity index (χ4v) is 5.25. The Morgan fingerprint density at radius 3 is 2.77 bits per heavy atom. The number of carbonyl (C=O) groups excluding carboxylic acids is 1. The van der Waals surface area contributed by atoms with Crippen LogP contribution in [0.4, 0.5) is 0 Å². The van der Waals surface area contributed by atoms with Crippen LogP contribution in [0, 0.1) is 0 Å². The van der Waals surface area contributed by atoms with Crippen molar-refractivity contribution in [1.29, 1.82) is 0 Å². The van der Waals surface area contributed by atoms with E-state index < -0.39 is 6.04 Å². The molecule has 0 radical (unpaired) electrons. The van der Waals surface area contributed by atoms with Gasteiger partial charge in [0, 0.05) is 50.5 Å². The summed E-state index contributed by atoms with van der Waals surface area (Å²) >= 11 is 0. The van der Waals surface area contributed by atoms with Gasteiger partial charge in [0.25, 0.3) is 0 Å². The van der Waals surface area contributed by atoms with Gasteiger partial charge in [-0.25, -0.2) is 0 Å². The molecule has 5 heteroatoms. The number of amides is 1. The average Bonchev–Trinajstić information content (AvgIpc) is 3.12. The van der Waals surface area contributed by atoms with E-state index in [-0.39, 0.29) is 11.9 Å². The first-order valence-corrected chi connectivity index (χ1v) is 13.2. The molecule has 1 saturated heterocycles. The van der Waals surface area contributed by atoms with Crippen molar-refractivity contribution in [3.8, 4) is 0 Å². The van der Waals surface area contributed by atoms with E-state index in [1.165, 1.54) is 27.8 Å². The maximum absolute atomic E-state index is 13.2. The third-order valence-electron chi connectivity index (χ3n) is 7.44. The Morgan fingerprint density at radius 2 is 2.00 bits per heavy atom. The number of nitrogens with two attached hydrogens (primary N) is 1. The Balaban J connectivity index is 1.30. The van der Waals surface area contributed by atoms with Gasteiger partial charge in [0.15, 0.2) is 0 Å². The van der Waals surface area contributed by atoms with Crippen molar-refractivity contribution in [3.63, 3.8) is 0 Å². The van der Waals surface area contributed by atoms with Crippen LogP contribution in [-0.4, -0.2) is 59.0 Å². The minimum absolute atomic E-state index is 0.0762. The van der Waals surface area contributed by atoms with Crippen LogP contribution in [0.1, 0.15) is 54.3 Å². The van der Waals surface area contributed by atoms with Gasteiger partial charge in [-0.05, 0) is 66.5 Å². The van der Waals surface area contributed by atoms with Crippen molar-refractivity contribution in [3.05, 3.63) is 82.2 Å². The second kappa shape index (κ2) is 11.8. The molecule has 1 aromatic heterocycles. The van der Waals surface area contributed by atoms with Crippen molar-refractivity contribution >= 4 is 12.0 Å². The Kier molecular flexibility index (Phi) is 8.53. The zero-order valence-corrected chi connectivity index (χ0v) is 21.5. The van der Waals surface area contributed by atoms with Gasteiger partial charge in [0.05, 0.1) is 6.04 Å². The molecule has 2 heterocycles. The van der Waals surface area contributed by atoms with Crippen LogP contribution in [0.2, 0.25) is 0 Å². The normalized spacial score (nSPS) is 18.9. The number of nitrogens with zero attached hydrogens (tertiary/aromatic N) is 3. The van der Waals surface area contributed by atoms with E-state index in [2.05, 4.69) is 79.2 Å². The Labute approximate surface area is 210 Å². The highest BCUT2D eigenvalue weighted by molar-refractivity contribution is 5.82. The lowest BCUT2D eigenvalue weighted by molar-refractivity contribution is -0.137. The lowest BCUT2D eigenvalue weighted by Gasteiger charge is -2.41. The smallest absolute Gasteiger partial charge is 0.240 e. The summed E-state index contributed by atoms with van der Waals surface area (Å²) in [7, 11) is 0. The highest BCUT2D eigenvalue weighted by Crippen LogP contribution is 2.19. The summed E-state index contributed by atoms with van der Waals surface area (Å²) in [5.41, 5.74) is 14.0. The Bertz CT molecular complexity index is 1090. The number of aryl methyl sites for hydroxylation is 2. The predicted octanol–water partition coefficient (Wildman–Crippen LogP) is 3.98. The number of benzene rings is 1. The third-order valence-corrected chi connectivity index (χ3v) is 7.44. The van der Waals surface area contributed by atoms with Gasteiger partial charge in [0.2, 0.25) is 5.91 Å². The van der Waals surface area contributed by atoms with Crippen molar-refractivity contribution in [2.24, 2.45) is 5.73 Å². The van der Waals surface area contributed by atoms with E-state index in [9.17, 15) is 4.79 Å². The second-order valence-electron chi connectivity index (χ2n) is 9.92. The quantitative estimate of drug-likeness (QED) is 0.631. The summed E-state index contributed by atoms with van der Waals surface area (Å²) in [6, 6.07) is 8.50. The molecule has 5 nitrogen and oxygen atoms in total. The molecule has 186 valence electrons. The monoisotopic (exact) mass is 472 g/mol. The minimum Gasteiger partial charge on any atom is -0.336 e. The molecule has 35 heavy (non-hydrogen) atoms. The van der Waals surface area contributed by atoms with Crippen LogP contribution < -0.4 is 5.73 Å². The molecule has 4 rings (SSSR count). The average molecular weight is 473 g/mol. The zero-order valence-electron chi connectivity index (χ0n) is 21.5. The number of pyridine rings is 1. The third kappa shape index (κ3) is 6.28. The van der Waals surface area contributed by atoms with Gasteiger partial charge in [-0.1, -0.05) is 56.4 Å². The lowest BCUT2D eigenvalue weighted by atomic mass is 9.95. The number of carbonyl (C=O) groups is 1. The molecule has 1 aromatic carbocycles. The largest absolute Gasteiger partial charge is 0.336 e. The van der Waals surface area contributed by atoms with E-state index in [4.69, 9.17) is 5.73 Å². The molecule has 2 atom stereocenters. The second-order valence-corrected chi connectivity index (χ2v) is 9.92. The standard InChI is InChI=1S/C30H40N4O/c1-4-23-11-12-26(24(5-2)17-23)19-29(31)30(35)34-16-15-33(21-22(34)3)14-13-28-18-25-9-7-6-8-10-27(25)20-32-28/h6-8,10-12,17-18,20,22,29H,4-5,9,13-16,19,21,31H2,1-3H3/t22?,29-/m1/s1. The number of aromatic nitrogens is 1. The number of rotatable bonds is 8. The molecule has 0 saturated carbocycles. The van der Waals surface area contributed by atoms with Crippen molar-refractivity contribution in [2.45, 2.75) is 65.0 Å².